The van der Waals surface area contributed by atoms with Crippen LogP contribution in [-0.4, -0.2) is 6.29 Å². The minimum atomic E-state index is 0.509. The van der Waals surface area contributed by atoms with E-state index in [1.54, 1.807) is 12.1 Å². The lowest BCUT2D eigenvalue weighted by Crippen LogP contribution is -1.91. The molecular weight excluding hydrogens is 348 g/mol. The van der Waals surface area contributed by atoms with Crippen LogP contribution in [0.5, 0.6) is 11.5 Å². The number of benzene rings is 2. The molecule has 0 spiro atoms. The van der Waals surface area contributed by atoms with Crippen molar-refractivity contribution in [2.24, 2.45) is 0 Å². The summed E-state index contributed by atoms with van der Waals surface area (Å²) in [7, 11) is 0. The number of carbonyl (C=O) groups excluding carboxylic acids is 1. The SMILES string of the molecule is O=Cc1cc(Br)ccc1Oc1ccccc1Br. The van der Waals surface area contributed by atoms with Crippen LogP contribution in [0.4, 0.5) is 0 Å². The van der Waals surface area contributed by atoms with Crippen LogP contribution in [0.2, 0.25) is 0 Å². The molecule has 0 N–H and O–H groups in total. The van der Waals surface area contributed by atoms with Crippen LogP contribution in [0.25, 0.3) is 0 Å². The Bertz CT molecular complexity index is 553. The van der Waals surface area contributed by atoms with Crippen molar-refractivity contribution in [2.75, 3.05) is 0 Å². The van der Waals surface area contributed by atoms with Crippen molar-refractivity contribution in [3.05, 3.63) is 57.0 Å². The summed E-state index contributed by atoms with van der Waals surface area (Å²) in [5.74, 6) is 1.22. The third-order valence-electron chi connectivity index (χ3n) is 2.16. The topological polar surface area (TPSA) is 26.3 Å². The van der Waals surface area contributed by atoms with Crippen molar-refractivity contribution in [3.8, 4) is 11.5 Å². The number of halogens is 2. The van der Waals surface area contributed by atoms with E-state index >= 15 is 0 Å². The van der Waals surface area contributed by atoms with Crippen molar-refractivity contribution in [1.82, 2.24) is 0 Å². The van der Waals surface area contributed by atoms with Gasteiger partial charge in [-0.25, -0.2) is 0 Å². The summed E-state index contributed by atoms with van der Waals surface area (Å²) in [6, 6.07) is 12.8. The van der Waals surface area contributed by atoms with Crippen molar-refractivity contribution in [3.63, 3.8) is 0 Å². The average molecular weight is 356 g/mol. The Hall–Kier alpha value is -1.13. The summed E-state index contributed by atoms with van der Waals surface area (Å²) in [5.41, 5.74) is 0.509. The van der Waals surface area contributed by atoms with Gasteiger partial charge in [-0.3, -0.25) is 4.79 Å². The van der Waals surface area contributed by atoms with Gasteiger partial charge in [0.1, 0.15) is 11.5 Å². The Balaban J connectivity index is 2.36. The number of hydrogen-bond acceptors (Lipinski definition) is 2. The minimum Gasteiger partial charge on any atom is -0.455 e. The molecular formula is C13H8Br2O2. The number of hydrogen-bond donors (Lipinski definition) is 0. The van der Waals surface area contributed by atoms with Gasteiger partial charge < -0.3 is 4.74 Å². The smallest absolute Gasteiger partial charge is 0.153 e. The normalized spacial score (nSPS) is 10.0. The summed E-state index contributed by atoms with van der Waals surface area (Å²) >= 11 is 6.71. The molecule has 0 saturated carbocycles. The largest absolute Gasteiger partial charge is 0.455 e. The van der Waals surface area contributed by atoms with E-state index in [1.165, 1.54) is 0 Å². The Kier molecular flexibility index (Phi) is 3.97. The Morgan fingerprint density at radius 2 is 1.76 bits per heavy atom. The molecule has 0 aromatic heterocycles. The number of para-hydroxylation sites is 1. The molecule has 0 aliphatic heterocycles. The first kappa shape index (κ1) is 12.3. The van der Waals surface area contributed by atoms with Gasteiger partial charge in [0.05, 0.1) is 10.0 Å². The van der Waals surface area contributed by atoms with Crippen LogP contribution >= 0.6 is 31.9 Å². The predicted molar refractivity (Wildman–Crippen MR) is 73.7 cm³/mol. The fraction of sp³-hybridized carbons (Fsp3) is 0. The van der Waals surface area contributed by atoms with E-state index < -0.39 is 0 Å². The number of ether oxygens (including phenoxy) is 1. The van der Waals surface area contributed by atoms with E-state index in [0.29, 0.717) is 17.1 Å². The standard InChI is InChI=1S/C13H8Br2O2/c14-10-5-6-12(9(7-10)8-16)17-13-4-2-1-3-11(13)15/h1-8H. The number of aldehydes is 1. The minimum absolute atomic E-state index is 0.509. The van der Waals surface area contributed by atoms with Gasteiger partial charge in [0.2, 0.25) is 0 Å². The molecule has 86 valence electrons. The fourth-order valence-corrected chi connectivity index (χ4v) is 2.09. The highest BCUT2D eigenvalue weighted by Gasteiger charge is 2.07. The average Bonchev–Trinajstić information content (AvgIpc) is 2.34. The van der Waals surface area contributed by atoms with Gasteiger partial charge >= 0.3 is 0 Å². The first-order valence-electron chi connectivity index (χ1n) is 4.88. The summed E-state index contributed by atoms with van der Waals surface area (Å²) in [4.78, 5) is 10.9. The highest BCUT2D eigenvalue weighted by molar-refractivity contribution is 9.10. The van der Waals surface area contributed by atoms with Crippen LogP contribution in [-0.2, 0) is 0 Å². The predicted octanol–water partition coefficient (Wildman–Crippen LogP) is 4.82. The number of carbonyl (C=O) groups is 1. The van der Waals surface area contributed by atoms with Crippen LogP contribution in [0.1, 0.15) is 10.4 Å². The molecule has 0 amide bonds. The van der Waals surface area contributed by atoms with Crippen LogP contribution in [0.15, 0.2) is 51.4 Å². The molecule has 0 unspecified atom stereocenters. The Labute approximate surface area is 116 Å². The molecule has 0 radical (unpaired) electrons. The monoisotopic (exact) mass is 354 g/mol. The van der Waals surface area contributed by atoms with E-state index in [4.69, 9.17) is 4.74 Å². The van der Waals surface area contributed by atoms with Gasteiger partial charge in [0.25, 0.3) is 0 Å². The van der Waals surface area contributed by atoms with Gasteiger partial charge in [-0.2, -0.15) is 0 Å². The second kappa shape index (κ2) is 5.47. The molecule has 0 bridgehead atoms. The lowest BCUT2D eigenvalue weighted by Gasteiger charge is -2.09. The van der Waals surface area contributed by atoms with Crippen LogP contribution < -0.4 is 4.74 Å². The summed E-state index contributed by atoms with van der Waals surface area (Å²) in [6.45, 7) is 0. The number of rotatable bonds is 3. The highest BCUT2D eigenvalue weighted by Crippen LogP contribution is 2.31. The molecule has 2 rings (SSSR count). The summed E-state index contributed by atoms with van der Waals surface area (Å²) < 4.78 is 7.38. The van der Waals surface area contributed by atoms with Crippen molar-refractivity contribution in [2.45, 2.75) is 0 Å². The molecule has 0 saturated heterocycles. The van der Waals surface area contributed by atoms with Gasteiger partial charge in [0, 0.05) is 4.47 Å². The van der Waals surface area contributed by atoms with E-state index in [1.807, 2.05) is 30.3 Å². The Morgan fingerprint density at radius 1 is 1.00 bits per heavy atom. The maximum atomic E-state index is 10.9. The highest BCUT2D eigenvalue weighted by atomic mass is 79.9. The van der Waals surface area contributed by atoms with Crippen LogP contribution in [0, 0.1) is 0 Å². The molecule has 4 heteroatoms. The van der Waals surface area contributed by atoms with Gasteiger partial charge in [-0.05, 0) is 46.3 Å². The molecule has 0 atom stereocenters. The van der Waals surface area contributed by atoms with Crippen molar-refractivity contribution >= 4 is 38.1 Å². The molecule has 2 aromatic rings. The van der Waals surface area contributed by atoms with Crippen LogP contribution in [0.3, 0.4) is 0 Å². The maximum absolute atomic E-state index is 10.9. The first-order valence-corrected chi connectivity index (χ1v) is 6.46. The zero-order valence-corrected chi connectivity index (χ0v) is 11.9. The zero-order chi connectivity index (χ0) is 12.3. The molecule has 17 heavy (non-hydrogen) atoms. The molecule has 0 heterocycles. The van der Waals surface area contributed by atoms with Crippen molar-refractivity contribution < 1.29 is 9.53 Å². The third kappa shape index (κ3) is 2.96. The Morgan fingerprint density at radius 3 is 2.47 bits per heavy atom. The first-order chi connectivity index (χ1) is 8.20. The van der Waals surface area contributed by atoms with Gasteiger partial charge in [-0.15, -0.1) is 0 Å². The maximum Gasteiger partial charge on any atom is 0.153 e. The second-order valence-electron chi connectivity index (χ2n) is 3.33. The molecule has 0 fully saturated rings. The lowest BCUT2D eigenvalue weighted by molar-refractivity contribution is 0.112. The van der Waals surface area contributed by atoms with E-state index in [2.05, 4.69) is 31.9 Å². The third-order valence-corrected chi connectivity index (χ3v) is 3.30. The quantitative estimate of drug-likeness (QED) is 0.738. The lowest BCUT2D eigenvalue weighted by atomic mass is 10.2. The molecule has 2 aromatic carbocycles. The van der Waals surface area contributed by atoms with E-state index in [9.17, 15) is 4.79 Å². The van der Waals surface area contributed by atoms with E-state index in [0.717, 1.165) is 15.2 Å². The summed E-state index contributed by atoms with van der Waals surface area (Å²) in [6.07, 6.45) is 0.775. The molecule has 0 aliphatic rings. The fourth-order valence-electron chi connectivity index (χ4n) is 1.35. The molecule has 0 aliphatic carbocycles. The van der Waals surface area contributed by atoms with Crippen molar-refractivity contribution in [1.29, 1.82) is 0 Å². The second-order valence-corrected chi connectivity index (χ2v) is 5.10. The zero-order valence-electron chi connectivity index (χ0n) is 8.69. The van der Waals surface area contributed by atoms with E-state index in [-0.39, 0.29) is 0 Å². The van der Waals surface area contributed by atoms with Gasteiger partial charge in [-0.1, -0.05) is 28.1 Å². The molecule has 2 nitrogen and oxygen atoms in total. The summed E-state index contributed by atoms with van der Waals surface area (Å²) in [5, 5.41) is 0. The van der Waals surface area contributed by atoms with Gasteiger partial charge in [0.15, 0.2) is 6.29 Å².